The van der Waals surface area contributed by atoms with E-state index in [0.29, 0.717) is 29.6 Å². The number of ether oxygens (including phenoxy) is 1. The maximum atomic E-state index is 11.7. The van der Waals surface area contributed by atoms with Gasteiger partial charge in [-0.15, -0.1) is 0 Å². The van der Waals surface area contributed by atoms with Crippen LogP contribution in [-0.2, 0) is 4.74 Å². The number of carbonyl (C=O) groups excluding carboxylic acids is 1. The number of hydrogen-bond donors (Lipinski definition) is 1. The second-order valence-corrected chi connectivity index (χ2v) is 3.36. The smallest absolute Gasteiger partial charge is 0.343 e. The lowest BCUT2D eigenvalue weighted by Gasteiger charge is -2.04. The number of rotatable bonds is 3. The molecule has 0 aliphatic carbocycles. The predicted molar refractivity (Wildman–Crippen MR) is 61.0 cm³/mol. The summed E-state index contributed by atoms with van der Waals surface area (Å²) in [6.07, 6.45) is 1.43. The van der Waals surface area contributed by atoms with Gasteiger partial charge in [0.05, 0.1) is 12.8 Å². The Morgan fingerprint density at radius 2 is 2.29 bits per heavy atom. The highest BCUT2D eigenvalue weighted by Crippen LogP contribution is 2.13. The lowest BCUT2D eigenvalue weighted by Crippen LogP contribution is -2.08. The van der Waals surface area contributed by atoms with Crippen molar-refractivity contribution >= 4 is 17.6 Å². The maximum absolute atomic E-state index is 11.7. The van der Waals surface area contributed by atoms with Crippen LogP contribution in [0.2, 0.25) is 0 Å². The van der Waals surface area contributed by atoms with Crippen LogP contribution in [0, 0.1) is 6.92 Å². The van der Waals surface area contributed by atoms with Crippen molar-refractivity contribution in [1.29, 1.82) is 0 Å². The van der Waals surface area contributed by atoms with Crippen LogP contribution >= 0.6 is 0 Å². The summed E-state index contributed by atoms with van der Waals surface area (Å²) in [7, 11) is 1.73. The average Bonchev–Trinajstić information content (AvgIpc) is 2.71. The van der Waals surface area contributed by atoms with Crippen LogP contribution in [-0.4, -0.2) is 39.2 Å². The summed E-state index contributed by atoms with van der Waals surface area (Å²) >= 11 is 0. The van der Waals surface area contributed by atoms with Gasteiger partial charge in [-0.2, -0.15) is 14.6 Å². The van der Waals surface area contributed by atoms with E-state index in [2.05, 4.69) is 20.4 Å². The molecule has 7 nitrogen and oxygen atoms in total. The molecule has 90 valence electrons. The average molecular weight is 235 g/mol. The Morgan fingerprint density at radius 1 is 1.53 bits per heavy atom. The van der Waals surface area contributed by atoms with Gasteiger partial charge in [-0.25, -0.2) is 9.78 Å². The third-order valence-corrected chi connectivity index (χ3v) is 2.20. The van der Waals surface area contributed by atoms with Crippen molar-refractivity contribution in [1.82, 2.24) is 19.6 Å². The van der Waals surface area contributed by atoms with Crippen LogP contribution < -0.4 is 5.32 Å². The molecule has 0 fully saturated rings. The van der Waals surface area contributed by atoms with Gasteiger partial charge in [-0.05, 0) is 13.8 Å². The first-order chi connectivity index (χ1) is 8.17. The molecule has 0 saturated carbocycles. The Labute approximate surface area is 97.8 Å². The van der Waals surface area contributed by atoms with Gasteiger partial charge in [-0.1, -0.05) is 0 Å². The second-order valence-electron chi connectivity index (χ2n) is 3.36. The molecule has 2 heterocycles. The molecule has 2 aromatic rings. The third kappa shape index (κ3) is 1.91. The van der Waals surface area contributed by atoms with E-state index in [9.17, 15) is 4.79 Å². The van der Waals surface area contributed by atoms with Gasteiger partial charge in [-0.3, -0.25) is 0 Å². The minimum atomic E-state index is -0.428. The fourth-order valence-electron chi connectivity index (χ4n) is 1.50. The molecule has 0 unspecified atom stereocenters. The molecule has 0 spiro atoms. The number of nitrogens with zero attached hydrogens (tertiary/aromatic N) is 4. The topological polar surface area (TPSA) is 81.4 Å². The summed E-state index contributed by atoms with van der Waals surface area (Å²) in [6.45, 7) is 3.82. The molecule has 0 aliphatic heterocycles. The summed E-state index contributed by atoms with van der Waals surface area (Å²) in [4.78, 5) is 20.0. The number of carbonyl (C=O) groups is 1. The zero-order valence-electron chi connectivity index (χ0n) is 9.89. The Kier molecular flexibility index (Phi) is 2.90. The molecule has 2 aromatic heterocycles. The molecule has 0 bridgehead atoms. The molecule has 0 amide bonds. The number of nitrogens with one attached hydrogen (secondary N) is 1. The molecule has 0 aromatic carbocycles. The lowest BCUT2D eigenvalue weighted by atomic mass is 10.3. The molecule has 0 saturated heterocycles. The molecule has 0 atom stereocenters. The van der Waals surface area contributed by atoms with Crippen molar-refractivity contribution in [2.45, 2.75) is 13.8 Å². The summed E-state index contributed by atoms with van der Waals surface area (Å²) < 4.78 is 6.41. The van der Waals surface area contributed by atoms with Gasteiger partial charge in [0.15, 0.2) is 5.65 Å². The SMILES string of the molecule is CCOC(=O)c1cnn2c(NC)nc(C)nc12. The zero-order valence-corrected chi connectivity index (χ0v) is 9.89. The molecular weight excluding hydrogens is 222 g/mol. The number of aryl methyl sites for hydroxylation is 1. The van der Waals surface area contributed by atoms with Gasteiger partial charge in [0, 0.05) is 7.05 Å². The number of hydrogen-bond acceptors (Lipinski definition) is 6. The molecule has 0 radical (unpaired) electrons. The van der Waals surface area contributed by atoms with Gasteiger partial charge in [0.25, 0.3) is 0 Å². The number of aromatic nitrogens is 4. The Hall–Kier alpha value is -2.18. The lowest BCUT2D eigenvalue weighted by molar-refractivity contribution is 0.0528. The van der Waals surface area contributed by atoms with Crippen molar-refractivity contribution in [2.75, 3.05) is 19.0 Å². The molecule has 7 heteroatoms. The van der Waals surface area contributed by atoms with E-state index in [4.69, 9.17) is 4.74 Å². The molecule has 0 aliphatic rings. The van der Waals surface area contributed by atoms with Crippen LogP contribution in [0.3, 0.4) is 0 Å². The second kappa shape index (κ2) is 4.36. The van der Waals surface area contributed by atoms with E-state index in [-0.39, 0.29) is 0 Å². The quantitative estimate of drug-likeness (QED) is 0.787. The van der Waals surface area contributed by atoms with E-state index in [1.165, 1.54) is 10.7 Å². The van der Waals surface area contributed by atoms with Crippen LogP contribution in [0.4, 0.5) is 5.95 Å². The summed E-state index contributed by atoms with van der Waals surface area (Å²) in [5.41, 5.74) is 0.786. The first-order valence-corrected chi connectivity index (χ1v) is 5.24. The minimum absolute atomic E-state index is 0.319. The fraction of sp³-hybridized carbons (Fsp3) is 0.400. The molecular formula is C10H13N5O2. The third-order valence-electron chi connectivity index (χ3n) is 2.20. The van der Waals surface area contributed by atoms with Crippen molar-refractivity contribution in [3.63, 3.8) is 0 Å². The van der Waals surface area contributed by atoms with Crippen LogP contribution in [0.1, 0.15) is 23.1 Å². The summed E-state index contributed by atoms with van der Waals surface area (Å²) in [5, 5.41) is 6.95. The highest BCUT2D eigenvalue weighted by molar-refractivity contribution is 5.95. The number of esters is 1. The first kappa shape index (κ1) is 11.3. The Bertz CT molecular complexity index is 563. The summed E-state index contributed by atoms with van der Waals surface area (Å²) in [5.74, 6) is 0.665. The predicted octanol–water partition coefficient (Wildman–Crippen LogP) is 0.651. The van der Waals surface area contributed by atoms with E-state index < -0.39 is 5.97 Å². The number of fused-ring (bicyclic) bond motifs is 1. The Morgan fingerprint density at radius 3 is 2.94 bits per heavy atom. The first-order valence-electron chi connectivity index (χ1n) is 5.24. The van der Waals surface area contributed by atoms with E-state index in [1.54, 1.807) is 20.9 Å². The van der Waals surface area contributed by atoms with Crippen LogP contribution in [0.25, 0.3) is 5.65 Å². The zero-order chi connectivity index (χ0) is 12.4. The van der Waals surface area contributed by atoms with Crippen molar-refractivity contribution < 1.29 is 9.53 Å². The van der Waals surface area contributed by atoms with E-state index in [1.807, 2.05) is 0 Å². The van der Waals surface area contributed by atoms with Crippen molar-refractivity contribution in [3.8, 4) is 0 Å². The van der Waals surface area contributed by atoms with Crippen molar-refractivity contribution in [2.24, 2.45) is 0 Å². The van der Waals surface area contributed by atoms with E-state index >= 15 is 0 Å². The standard InChI is InChI=1S/C10H13N5O2/c1-4-17-9(16)7-5-12-15-8(7)13-6(2)14-10(15)11-3/h5H,4H2,1-3H3,(H,11,13,14). The maximum Gasteiger partial charge on any atom is 0.343 e. The largest absolute Gasteiger partial charge is 0.462 e. The normalized spacial score (nSPS) is 10.5. The van der Waals surface area contributed by atoms with Gasteiger partial charge in [0.2, 0.25) is 5.95 Å². The van der Waals surface area contributed by atoms with Crippen LogP contribution in [0.15, 0.2) is 6.20 Å². The summed E-state index contributed by atoms with van der Waals surface area (Å²) in [6, 6.07) is 0. The highest BCUT2D eigenvalue weighted by atomic mass is 16.5. The van der Waals surface area contributed by atoms with Gasteiger partial charge < -0.3 is 10.1 Å². The van der Waals surface area contributed by atoms with Gasteiger partial charge in [0.1, 0.15) is 11.4 Å². The van der Waals surface area contributed by atoms with Crippen molar-refractivity contribution in [3.05, 3.63) is 17.6 Å². The van der Waals surface area contributed by atoms with E-state index in [0.717, 1.165) is 0 Å². The minimum Gasteiger partial charge on any atom is -0.462 e. The molecule has 2 rings (SSSR count). The number of anilines is 1. The molecule has 1 N–H and O–H groups in total. The highest BCUT2D eigenvalue weighted by Gasteiger charge is 2.17. The van der Waals surface area contributed by atoms with Gasteiger partial charge >= 0.3 is 5.97 Å². The Balaban J connectivity index is 2.60. The van der Waals surface area contributed by atoms with Crippen LogP contribution in [0.5, 0.6) is 0 Å². The fourth-order valence-corrected chi connectivity index (χ4v) is 1.50. The monoisotopic (exact) mass is 235 g/mol. The molecule has 17 heavy (non-hydrogen) atoms.